The Labute approximate surface area is 143 Å². The van der Waals surface area contributed by atoms with Crippen molar-refractivity contribution in [1.82, 2.24) is 0 Å². The van der Waals surface area contributed by atoms with Gasteiger partial charge in [-0.3, -0.25) is 0 Å². The summed E-state index contributed by atoms with van der Waals surface area (Å²) in [5, 5.41) is 1.29. The van der Waals surface area contributed by atoms with E-state index in [0.717, 1.165) is 12.0 Å². The van der Waals surface area contributed by atoms with Crippen LogP contribution in [0.4, 0.5) is 13.2 Å². The maximum atomic E-state index is 14.3. The highest BCUT2D eigenvalue weighted by atomic mass is 19.3. The maximum Gasteiger partial charge on any atom is 0.426 e. The van der Waals surface area contributed by atoms with Gasteiger partial charge in [-0.2, -0.15) is 8.78 Å². The van der Waals surface area contributed by atoms with E-state index in [2.05, 4.69) is 0 Å². The predicted octanol–water partition coefficient (Wildman–Crippen LogP) is 5.68. The van der Waals surface area contributed by atoms with Crippen LogP contribution in [0.5, 0.6) is 11.5 Å². The fourth-order valence-corrected chi connectivity index (χ4v) is 2.58. The molecule has 0 amide bonds. The minimum absolute atomic E-state index is 0.380. The second kappa shape index (κ2) is 6.67. The van der Waals surface area contributed by atoms with Gasteiger partial charge >= 0.3 is 6.11 Å². The molecule has 0 bridgehead atoms. The lowest BCUT2D eigenvalue weighted by atomic mass is 10.1. The lowest BCUT2D eigenvalue weighted by Crippen LogP contribution is -2.22. The van der Waals surface area contributed by atoms with Crippen LogP contribution in [0.2, 0.25) is 0 Å². The van der Waals surface area contributed by atoms with Gasteiger partial charge in [0.1, 0.15) is 5.75 Å². The van der Waals surface area contributed by atoms with E-state index in [0.29, 0.717) is 16.5 Å². The first-order valence-corrected chi connectivity index (χ1v) is 7.86. The van der Waals surface area contributed by atoms with E-state index in [-0.39, 0.29) is 5.56 Å². The normalized spacial score (nSPS) is 11.6. The topological polar surface area (TPSA) is 18.5 Å². The standard InChI is InChI=1S/C20H17F3O2/c1-3-13-4-5-14-12-19(18(21)11-15(14)10-13)25-20(22,23)16-6-8-17(24-2)9-7-16/h4-12H,3H2,1-2H3. The number of aryl methyl sites for hydroxylation is 1. The average molecular weight is 346 g/mol. The number of fused-ring (bicyclic) bond motifs is 1. The molecular weight excluding hydrogens is 329 g/mol. The number of halogens is 3. The van der Waals surface area contributed by atoms with Crippen molar-refractivity contribution < 1.29 is 22.6 Å². The Morgan fingerprint density at radius 2 is 1.64 bits per heavy atom. The monoisotopic (exact) mass is 346 g/mol. The minimum atomic E-state index is -3.66. The van der Waals surface area contributed by atoms with Gasteiger partial charge in [-0.05, 0) is 59.2 Å². The predicted molar refractivity (Wildman–Crippen MR) is 90.8 cm³/mol. The SMILES string of the molecule is CCc1ccc2cc(OC(F)(F)c3ccc(OC)cc3)c(F)cc2c1. The Bertz CT molecular complexity index is 889. The van der Waals surface area contributed by atoms with Crippen molar-refractivity contribution >= 4 is 10.8 Å². The summed E-state index contributed by atoms with van der Waals surface area (Å²) in [6.45, 7) is 1.99. The smallest absolute Gasteiger partial charge is 0.426 e. The molecule has 3 aromatic rings. The van der Waals surface area contributed by atoms with Gasteiger partial charge in [0.15, 0.2) is 11.6 Å². The minimum Gasteiger partial charge on any atom is -0.497 e. The highest BCUT2D eigenvalue weighted by molar-refractivity contribution is 5.84. The molecule has 0 saturated carbocycles. The molecule has 25 heavy (non-hydrogen) atoms. The van der Waals surface area contributed by atoms with Crippen molar-refractivity contribution in [2.75, 3.05) is 7.11 Å². The number of rotatable bonds is 5. The molecule has 0 radical (unpaired) electrons. The summed E-state index contributed by atoms with van der Waals surface area (Å²) in [6.07, 6.45) is -2.85. The van der Waals surface area contributed by atoms with Crippen LogP contribution in [-0.2, 0) is 12.5 Å². The van der Waals surface area contributed by atoms with E-state index < -0.39 is 17.7 Å². The first kappa shape index (κ1) is 17.1. The Morgan fingerprint density at radius 1 is 0.920 bits per heavy atom. The Balaban J connectivity index is 1.93. The summed E-state index contributed by atoms with van der Waals surface area (Å²) in [4.78, 5) is 0. The molecule has 0 unspecified atom stereocenters. The molecule has 0 atom stereocenters. The highest BCUT2D eigenvalue weighted by Gasteiger charge is 2.35. The molecular formula is C20H17F3O2. The zero-order valence-corrected chi connectivity index (χ0v) is 13.9. The number of hydrogen-bond acceptors (Lipinski definition) is 2. The fourth-order valence-electron chi connectivity index (χ4n) is 2.58. The second-order valence-corrected chi connectivity index (χ2v) is 5.67. The molecule has 3 aromatic carbocycles. The summed E-state index contributed by atoms with van der Waals surface area (Å²) in [5.41, 5.74) is 0.665. The lowest BCUT2D eigenvalue weighted by Gasteiger charge is -2.19. The van der Waals surface area contributed by atoms with Crippen LogP contribution in [0.3, 0.4) is 0 Å². The van der Waals surface area contributed by atoms with E-state index in [4.69, 9.17) is 9.47 Å². The third-order valence-electron chi connectivity index (χ3n) is 4.03. The highest BCUT2D eigenvalue weighted by Crippen LogP contribution is 2.35. The second-order valence-electron chi connectivity index (χ2n) is 5.67. The summed E-state index contributed by atoms with van der Waals surface area (Å²) in [7, 11) is 1.44. The number of hydrogen-bond donors (Lipinski definition) is 0. The number of alkyl halides is 2. The molecule has 0 fully saturated rings. The summed E-state index contributed by atoms with van der Waals surface area (Å²) < 4.78 is 52.6. The molecule has 0 aliphatic carbocycles. The molecule has 0 N–H and O–H groups in total. The molecule has 0 saturated heterocycles. The molecule has 2 nitrogen and oxygen atoms in total. The van der Waals surface area contributed by atoms with Crippen LogP contribution in [0.15, 0.2) is 54.6 Å². The number of methoxy groups -OCH3 is 1. The molecule has 0 spiro atoms. The van der Waals surface area contributed by atoms with Crippen molar-refractivity contribution in [2.45, 2.75) is 19.5 Å². The van der Waals surface area contributed by atoms with E-state index in [9.17, 15) is 13.2 Å². The van der Waals surface area contributed by atoms with Crippen molar-refractivity contribution in [1.29, 1.82) is 0 Å². The van der Waals surface area contributed by atoms with E-state index in [1.165, 1.54) is 43.5 Å². The molecule has 0 aliphatic rings. The summed E-state index contributed by atoms with van der Waals surface area (Å²) >= 11 is 0. The van der Waals surface area contributed by atoms with Gasteiger partial charge in [-0.15, -0.1) is 0 Å². The third kappa shape index (κ3) is 3.55. The van der Waals surface area contributed by atoms with Crippen molar-refractivity contribution in [2.24, 2.45) is 0 Å². The first-order chi connectivity index (χ1) is 11.9. The average Bonchev–Trinajstić information content (AvgIpc) is 2.61. The zero-order chi connectivity index (χ0) is 18.0. The van der Waals surface area contributed by atoms with E-state index in [1.54, 1.807) is 6.07 Å². The number of benzene rings is 3. The van der Waals surface area contributed by atoms with E-state index >= 15 is 0 Å². The van der Waals surface area contributed by atoms with Crippen LogP contribution in [0, 0.1) is 5.82 Å². The van der Waals surface area contributed by atoms with Gasteiger partial charge in [-0.1, -0.05) is 25.1 Å². The third-order valence-corrected chi connectivity index (χ3v) is 4.03. The number of ether oxygens (including phenoxy) is 2. The van der Waals surface area contributed by atoms with Crippen LogP contribution < -0.4 is 9.47 Å². The quantitative estimate of drug-likeness (QED) is 0.592. The lowest BCUT2D eigenvalue weighted by molar-refractivity contribution is -0.186. The Kier molecular flexibility index (Phi) is 4.57. The van der Waals surface area contributed by atoms with Crippen molar-refractivity contribution in [3.8, 4) is 11.5 Å². The van der Waals surface area contributed by atoms with Gasteiger partial charge in [0.05, 0.1) is 12.7 Å². The largest absolute Gasteiger partial charge is 0.497 e. The summed E-state index contributed by atoms with van der Waals surface area (Å²) in [5.74, 6) is -0.866. The fraction of sp³-hybridized carbons (Fsp3) is 0.200. The van der Waals surface area contributed by atoms with Crippen LogP contribution in [0.1, 0.15) is 18.1 Å². The molecule has 5 heteroatoms. The van der Waals surface area contributed by atoms with Gasteiger partial charge in [0.2, 0.25) is 0 Å². The van der Waals surface area contributed by atoms with Gasteiger partial charge in [-0.25, -0.2) is 4.39 Å². The molecule has 0 heterocycles. The summed E-state index contributed by atoms with van der Waals surface area (Å²) in [6, 6.07) is 13.2. The van der Waals surface area contributed by atoms with Gasteiger partial charge in [0, 0.05) is 0 Å². The van der Waals surface area contributed by atoms with Crippen LogP contribution >= 0.6 is 0 Å². The van der Waals surface area contributed by atoms with Crippen LogP contribution in [-0.4, -0.2) is 7.11 Å². The van der Waals surface area contributed by atoms with Gasteiger partial charge < -0.3 is 9.47 Å². The zero-order valence-electron chi connectivity index (χ0n) is 13.9. The first-order valence-electron chi connectivity index (χ1n) is 7.86. The van der Waals surface area contributed by atoms with Gasteiger partial charge in [0.25, 0.3) is 0 Å². The molecule has 3 rings (SSSR count). The Hall–Kier alpha value is -2.69. The maximum absolute atomic E-state index is 14.3. The molecule has 0 aliphatic heterocycles. The molecule has 130 valence electrons. The van der Waals surface area contributed by atoms with Crippen molar-refractivity contribution in [3.63, 3.8) is 0 Å². The van der Waals surface area contributed by atoms with Crippen LogP contribution in [0.25, 0.3) is 10.8 Å². The van der Waals surface area contributed by atoms with E-state index in [1.807, 2.05) is 19.1 Å². The molecule has 0 aromatic heterocycles. The Morgan fingerprint density at radius 3 is 2.28 bits per heavy atom. The van der Waals surface area contributed by atoms with Crippen molar-refractivity contribution in [3.05, 3.63) is 71.5 Å².